The predicted molar refractivity (Wildman–Crippen MR) is 215 cm³/mol. The van der Waals surface area contributed by atoms with Crippen LogP contribution in [0.25, 0.3) is 10.4 Å². The fourth-order valence-corrected chi connectivity index (χ4v) is 8.20. The highest BCUT2D eigenvalue weighted by atomic mass is 32.2. The van der Waals surface area contributed by atoms with E-state index in [1.54, 1.807) is 24.3 Å². The van der Waals surface area contributed by atoms with Gasteiger partial charge in [0.15, 0.2) is 6.10 Å². The van der Waals surface area contributed by atoms with Crippen molar-refractivity contribution in [2.75, 3.05) is 12.5 Å². The zero-order valence-electron chi connectivity index (χ0n) is 33.3. The van der Waals surface area contributed by atoms with Crippen molar-refractivity contribution in [3.8, 4) is 0 Å². The fraction of sp³-hybridized carbons (Fsp3) is 0.500. The molecule has 2 saturated heterocycles. The van der Waals surface area contributed by atoms with Gasteiger partial charge in [-0.25, -0.2) is 4.79 Å². The number of hydrogen-bond acceptors (Lipinski definition) is 11. The maximum absolute atomic E-state index is 14.1. The van der Waals surface area contributed by atoms with Gasteiger partial charge in [-0.3, -0.25) is 33.5 Å². The Morgan fingerprint density at radius 2 is 1.79 bits per heavy atom. The summed E-state index contributed by atoms with van der Waals surface area (Å²) in [6.07, 6.45) is -2.52. The molecule has 3 unspecified atom stereocenters. The molecule has 3 heterocycles. The van der Waals surface area contributed by atoms with Crippen molar-refractivity contribution in [3.63, 3.8) is 0 Å². The summed E-state index contributed by atoms with van der Waals surface area (Å²) in [5.74, 6) is -2.37. The van der Waals surface area contributed by atoms with Gasteiger partial charge in [0.2, 0.25) is 11.8 Å². The summed E-state index contributed by atoms with van der Waals surface area (Å²) in [7, 11) is 0. The van der Waals surface area contributed by atoms with Gasteiger partial charge in [-0.15, -0.1) is 11.8 Å². The second-order valence-electron chi connectivity index (χ2n) is 15.8. The molecule has 18 heteroatoms. The Morgan fingerprint density at radius 1 is 1.10 bits per heavy atom. The van der Waals surface area contributed by atoms with E-state index in [9.17, 15) is 33.9 Å². The van der Waals surface area contributed by atoms with Gasteiger partial charge in [0, 0.05) is 40.8 Å². The van der Waals surface area contributed by atoms with Gasteiger partial charge >= 0.3 is 11.7 Å². The molecule has 4 N–H and O–H groups in total. The zero-order valence-corrected chi connectivity index (χ0v) is 34.2. The van der Waals surface area contributed by atoms with Crippen LogP contribution in [0.3, 0.4) is 0 Å². The third-order valence-corrected chi connectivity index (χ3v) is 11.8. The van der Waals surface area contributed by atoms with Crippen LogP contribution in [0.15, 0.2) is 75.5 Å². The molecule has 3 aromatic rings. The molecule has 2 aromatic carbocycles. The van der Waals surface area contributed by atoms with E-state index in [4.69, 9.17) is 15.0 Å². The van der Waals surface area contributed by atoms with Crippen molar-refractivity contribution in [3.05, 3.63) is 114 Å². The lowest BCUT2D eigenvalue weighted by molar-refractivity contribution is -0.161. The SMILES string of the molecule is Cc1ccccc1CNC(=O)[C@H]1N(C(=O)[C@@H](O)[C@H](Cc2ccccc2)NC(=O)CC(C)(C)C(=O)OCC2OC(n3cc(C)c(=O)[nH]c3=O)CC2N=[N+]=[N-])CSC1(C)C. The number of azide groups is 1. The molecular weight excluding hydrogens is 769 g/mol. The number of aryl methyl sites for hydroxylation is 2. The third kappa shape index (κ3) is 10.4. The van der Waals surface area contributed by atoms with Crippen LogP contribution in [-0.2, 0) is 41.6 Å². The smallest absolute Gasteiger partial charge is 0.330 e. The Morgan fingerprint density at radius 3 is 2.48 bits per heavy atom. The van der Waals surface area contributed by atoms with Crippen LogP contribution in [0.5, 0.6) is 0 Å². The summed E-state index contributed by atoms with van der Waals surface area (Å²) in [6, 6.07) is 13.8. The summed E-state index contributed by atoms with van der Waals surface area (Å²) >= 11 is 1.41. The minimum Gasteiger partial charge on any atom is -0.462 e. The molecule has 1 aromatic heterocycles. The first-order valence-electron chi connectivity index (χ1n) is 18.9. The minimum absolute atomic E-state index is 0.0672. The predicted octanol–water partition coefficient (Wildman–Crippen LogP) is 3.16. The zero-order chi connectivity index (χ0) is 42.4. The second-order valence-corrected chi connectivity index (χ2v) is 17.4. The summed E-state index contributed by atoms with van der Waals surface area (Å²) in [4.78, 5) is 85.6. The number of nitrogens with one attached hydrogen (secondary N) is 3. The van der Waals surface area contributed by atoms with Gasteiger partial charge in [0.1, 0.15) is 25.0 Å². The Hall–Kier alpha value is -5.42. The first-order valence-corrected chi connectivity index (χ1v) is 19.9. The number of amides is 3. The fourth-order valence-electron chi connectivity index (χ4n) is 7.06. The second kappa shape index (κ2) is 18.4. The molecular formula is C40H50N8O9S. The molecule has 3 amide bonds. The summed E-state index contributed by atoms with van der Waals surface area (Å²) in [5.41, 5.74) is 9.40. The Bertz CT molecular complexity index is 2170. The monoisotopic (exact) mass is 818 g/mol. The molecule has 58 heavy (non-hydrogen) atoms. The van der Waals surface area contributed by atoms with Crippen molar-refractivity contribution in [1.29, 1.82) is 0 Å². The summed E-state index contributed by atoms with van der Waals surface area (Å²) < 4.78 is 12.0. The van der Waals surface area contributed by atoms with E-state index in [-0.39, 0.29) is 43.3 Å². The largest absolute Gasteiger partial charge is 0.462 e. The highest BCUT2D eigenvalue weighted by Crippen LogP contribution is 2.40. The first-order chi connectivity index (χ1) is 27.4. The van der Waals surface area contributed by atoms with Crippen LogP contribution >= 0.6 is 11.8 Å². The van der Waals surface area contributed by atoms with E-state index in [0.29, 0.717) is 0 Å². The molecule has 0 saturated carbocycles. The summed E-state index contributed by atoms with van der Waals surface area (Å²) in [6.45, 7) is 10.1. The van der Waals surface area contributed by atoms with Crippen molar-refractivity contribution < 1.29 is 33.8 Å². The van der Waals surface area contributed by atoms with Crippen LogP contribution < -0.4 is 21.9 Å². The number of carbonyl (C=O) groups is 4. The molecule has 2 fully saturated rings. The number of aliphatic hydroxyl groups is 1. The van der Waals surface area contributed by atoms with Crippen LogP contribution in [0.1, 0.15) is 69.0 Å². The number of aromatic amines is 1. The first kappa shape index (κ1) is 43.7. The number of thioether (sulfide) groups is 1. The van der Waals surface area contributed by atoms with Gasteiger partial charge in [0.05, 0.1) is 23.4 Å². The number of nitrogens with zero attached hydrogens (tertiary/aromatic N) is 5. The lowest BCUT2D eigenvalue weighted by Gasteiger charge is -2.33. The van der Waals surface area contributed by atoms with Crippen molar-refractivity contribution in [1.82, 2.24) is 25.1 Å². The van der Waals surface area contributed by atoms with Gasteiger partial charge < -0.3 is 30.1 Å². The standard InChI is InChI=1S/C40H50N8O9S/c1-23-12-10-11-15-26(23)19-42-35(52)33-40(5,6)58-22-48(33)36(53)32(50)28(16-25-13-8-7-9-14-25)43-30(49)18-39(3,4)37(54)56-21-29-27(45-46-41)17-31(57-29)47-20-24(2)34(51)44-38(47)55/h7-15,20,27-29,31-33,50H,16-19,21-22H2,1-6H3,(H,42,52)(H,43,49)(H,44,51,55)/t27?,28-,29?,31?,32-,33+/m0/s1. The van der Waals surface area contributed by atoms with Crippen LogP contribution in [0, 0.1) is 19.3 Å². The average molecular weight is 819 g/mol. The highest BCUT2D eigenvalue weighted by Gasteiger charge is 2.50. The quantitative estimate of drug-likeness (QED) is 0.0756. The molecule has 0 radical (unpaired) electrons. The number of aromatic nitrogens is 2. The Kier molecular flexibility index (Phi) is 13.9. The van der Waals surface area contributed by atoms with E-state index in [0.717, 1.165) is 16.7 Å². The van der Waals surface area contributed by atoms with Crippen molar-refractivity contribution in [2.24, 2.45) is 10.5 Å². The number of rotatable bonds is 15. The van der Waals surface area contributed by atoms with Gasteiger partial charge in [0.25, 0.3) is 11.5 Å². The van der Waals surface area contributed by atoms with Gasteiger partial charge in [-0.05, 0) is 70.2 Å². The van der Waals surface area contributed by atoms with Gasteiger partial charge in [-0.2, -0.15) is 0 Å². The normalized spacial score (nSPS) is 21.1. The van der Waals surface area contributed by atoms with Crippen LogP contribution in [0.2, 0.25) is 0 Å². The van der Waals surface area contributed by atoms with E-state index in [2.05, 4.69) is 25.6 Å². The number of benzene rings is 2. The highest BCUT2D eigenvalue weighted by molar-refractivity contribution is 8.00. The van der Waals surface area contributed by atoms with Gasteiger partial charge in [-0.1, -0.05) is 59.7 Å². The lowest BCUT2D eigenvalue weighted by Crippen LogP contribution is -2.58. The number of carbonyl (C=O) groups excluding carboxylic acids is 4. The molecule has 0 bridgehead atoms. The van der Waals surface area contributed by atoms with E-state index >= 15 is 0 Å². The average Bonchev–Trinajstić information content (AvgIpc) is 3.73. The molecule has 6 atom stereocenters. The number of ether oxygens (including phenoxy) is 2. The van der Waals surface area contributed by atoms with Crippen LogP contribution in [-0.4, -0.2) is 90.8 Å². The van der Waals surface area contributed by atoms with E-state index in [1.807, 2.05) is 51.1 Å². The Labute approximate surface area is 339 Å². The van der Waals surface area contributed by atoms with Crippen LogP contribution in [0.4, 0.5) is 0 Å². The molecule has 2 aliphatic heterocycles. The third-order valence-electron chi connectivity index (χ3n) is 10.5. The minimum atomic E-state index is -1.75. The maximum atomic E-state index is 14.1. The van der Waals surface area contributed by atoms with Crippen molar-refractivity contribution in [2.45, 2.75) is 109 Å². The lowest BCUT2D eigenvalue weighted by atomic mass is 9.88. The molecule has 310 valence electrons. The number of aliphatic hydroxyl groups excluding tert-OH is 1. The molecule has 2 aliphatic rings. The molecule has 5 rings (SSSR count). The van der Waals surface area contributed by atoms with Crippen molar-refractivity contribution >= 4 is 35.5 Å². The molecule has 17 nitrogen and oxygen atoms in total. The summed E-state index contributed by atoms with van der Waals surface area (Å²) in [5, 5.41) is 21.1. The molecule has 0 spiro atoms. The maximum Gasteiger partial charge on any atom is 0.330 e. The topological polar surface area (TPSA) is 238 Å². The molecule has 0 aliphatic carbocycles. The number of hydrogen-bond donors (Lipinski definition) is 4. The number of H-pyrrole nitrogens is 1. The Balaban J connectivity index is 1.25. The van der Waals surface area contributed by atoms with E-state index < -0.39 is 82.2 Å². The number of esters is 1. The van der Waals surface area contributed by atoms with E-state index in [1.165, 1.54) is 48.2 Å².